The summed E-state index contributed by atoms with van der Waals surface area (Å²) in [5.74, 6) is -1.44. The summed E-state index contributed by atoms with van der Waals surface area (Å²) >= 11 is 0. The number of carbonyl (C=O) groups excluding carboxylic acids is 1. The van der Waals surface area contributed by atoms with Gasteiger partial charge in [-0.1, -0.05) is 0 Å². The maximum Gasteiger partial charge on any atom is 0.340 e. The van der Waals surface area contributed by atoms with Crippen LogP contribution < -0.4 is 4.74 Å². The van der Waals surface area contributed by atoms with Gasteiger partial charge >= 0.3 is 5.97 Å². The smallest absolute Gasteiger partial charge is 0.340 e. The molecule has 0 aromatic carbocycles. The van der Waals surface area contributed by atoms with Crippen LogP contribution in [0.3, 0.4) is 0 Å². The molecule has 0 N–H and O–H groups in total. The second kappa shape index (κ2) is 4.47. The van der Waals surface area contributed by atoms with Crippen LogP contribution in [0.25, 0.3) is 0 Å². The van der Waals surface area contributed by atoms with Crippen LogP contribution >= 0.6 is 0 Å². The molecule has 0 aliphatic carbocycles. The van der Waals surface area contributed by atoms with E-state index in [1.165, 1.54) is 13.3 Å². The van der Waals surface area contributed by atoms with Gasteiger partial charge in [-0.2, -0.15) is 0 Å². The number of ether oxygens (including phenoxy) is 2. The minimum absolute atomic E-state index is 0.0632. The van der Waals surface area contributed by atoms with Crippen molar-refractivity contribution in [2.75, 3.05) is 7.11 Å². The lowest BCUT2D eigenvalue weighted by Gasteiger charge is -2.19. The van der Waals surface area contributed by atoms with Crippen molar-refractivity contribution in [2.24, 2.45) is 0 Å². The van der Waals surface area contributed by atoms with Crippen LogP contribution in [0, 0.1) is 5.82 Å². The highest BCUT2D eigenvalue weighted by atomic mass is 19.1. The van der Waals surface area contributed by atoms with Crippen molar-refractivity contribution in [1.29, 1.82) is 0 Å². The van der Waals surface area contributed by atoms with Crippen molar-refractivity contribution in [3.63, 3.8) is 0 Å². The number of hydrogen-bond donors (Lipinski definition) is 0. The van der Waals surface area contributed by atoms with Gasteiger partial charge in [-0.15, -0.1) is 0 Å². The summed E-state index contributed by atoms with van der Waals surface area (Å²) in [6.45, 7) is 5.20. The molecule has 0 aliphatic rings. The molecular weight excluding hydrogens is 213 g/mol. The molecule has 1 aromatic heterocycles. The summed E-state index contributed by atoms with van der Waals surface area (Å²) in [7, 11) is 1.30. The summed E-state index contributed by atoms with van der Waals surface area (Å²) in [5.41, 5.74) is -0.554. The van der Waals surface area contributed by atoms with Gasteiger partial charge in [-0.3, -0.25) is 0 Å². The first-order valence-corrected chi connectivity index (χ1v) is 4.76. The second-order valence-electron chi connectivity index (χ2n) is 4.22. The summed E-state index contributed by atoms with van der Waals surface area (Å²) in [6.07, 6.45) is 1.22. The quantitative estimate of drug-likeness (QED) is 0.726. The van der Waals surface area contributed by atoms with Crippen LogP contribution in [0.2, 0.25) is 0 Å². The largest absolute Gasteiger partial charge is 0.479 e. The third kappa shape index (κ3) is 3.18. The summed E-state index contributed by atoms with van der Waals surface area (Å²) in [6, 6.07) is 1.04. The number of methoxy groups -OCH3 is 1. The Kier molecular flexibility index (Phi) is 3.47. The number of aromatic nitrogens is 1. The normalized spacial score (nSPS) is 11.1. The van der Waals surface area contributed by atoms with Gasteiger partial charge in [0.2, 0.25) is 5.88 Å². The summed E-state index contributed by atoms with van der Waals surface area (Å²) in [5, 5.41) is 0. The highest BCUT2D eigenvalue weighted by Gasteiger charge is 2.19. The van der Waals surface area contributed by atoms with E-state index in [0.717, 1.165) is 6.07 Å². The molecule has 5 heteroatoms. The molecule has 0 spiro atoms. The summed E-state index contributed by atoms with van der Waals surface area (Å²) in [4.78, 5) is 15.2. The lowest BCUT2D eigenvalue weighted by atomic mass is 10.2. The van der Waals surface area contributed by atoms with E-state index >= 15 is 0 Å². The number of carbonyl (C=O) groups is 1. The molecule has 0 amide bonds. The number of rotatable bonds is 2. The maximum absolute atomic E-state index is 13.2. The van der Waals surface area contributed by atoms with Crippen LogP contribution in [0.1, 0.15) is 31.1 Å². The predicted octanol–water partition coefficient (Wildman–Crippen LogP) is 2.18. The van der Waals surface area contributed by atoms with E-state index in [-0.39, 0.29) is 11.4 Å². The molecular formula is C11H14FNO3. The van der Waals surface area contributed by atoms with Gasteiger partial charge in [0.15, 0.2) is 5.82 Å². The lowest BCUT2D eigenvalue weighted by Crippen LogP contribution is -2.24. The van der Waals surface area contributed by atoms with E-state index in [1.54, 1.807) is 20.8 Å². The Morgan fingerprint density at radius 1 is 1.44 bits per heavy atom. The van der Waals surface area contributed by atoms with Crippen molar-refractivity contribution in [3.8, 4) is 5.88 Å². The molecule has 0 saturated heterocycles. The first-order valence-electron chi connectivity index (χ1n) is 4.76. The lowest BCUT2D eigenvalue weighted by molar-refractivity contribution is 0.00684. The standard InChI is InChI=1S/C11H14FNO3/c1-11(2,3)16-10(14)7-5-8(12)9(15-4)13-6-7/h5-6H,1-4H3. The molecule has 4 nitrogen and oxygen atoms in total. The third-order valence-electron chi connectivity index (χ3n) is 1.64. The number of esters is 1. The van der Waals surface area contributed by atoms with Crippen molar-refractivity contribution < 1.29 is 18.7 Å². The van der Waals surface area contributed by atoms with Gasteiger partial charge in [0.25, 0.3) is 0 Å². The van der Waals surface area contributed by atoms with Crippen LogP contribution in [0.5, 0.6) is 5.88 Å². The van der Waals surface area contributed by atoms with Crippen LogP contribution in [-0.2, 0) is 4.74 Å². The molecule has 1 heterocycles. The molecule has 16 heavy (non-hydrogen) atoms. The van der Waals surface area contributed by atoms with Crippen molar-refractivity contribution in [2.45, 2.75) is 26.4 Å². The number of halogens is 1. The molecule has 0 unspecified atom stereocenters. The molecule has 0 atom stereocenters. The number of pyridine rings is 1. The van der Waals surface area contributed by atoms with E-state index in [0.29, 0.717) is 0 Å². The topological polar surface area (TPSA) is 48.4 Å². The van der Waals surface area contributed by atoms with Crippen molar-refractivity contribution in [3.05, 3.63) is 23.6 Å². The number of hydrogen-bond acceptors (Lipinski definition) is 4. The Morgan fingerprint density at radius 2 is 2.06 bits per heavy atom. The average Bonchev–Trinajstić information content (AvgIpc) is 2.15. The molecule has 0 bridgehead atoms. The molecule has 1 rings (SSSR count). The zero-order valence-electron chi connectivity index (χ0n) is 9.70. The van der Waals surface area contributed by atoms with Gasteiger partial charge in [-0.05, 0) is 26.8 Å². The molecule has 0 saturated carbocycles. The zero-order valence-corrected chi connectivity index (χ0v) is 9.70. The first-order chi connectivity index (χ1) is 7.33. The van der Waals surface area contributed by atoms with E-state index in [2.05, 4.69) is 9.72 Å². The Labute approximate surface area is 93.4 Å². The highest BCUT2D eigenvalue weighted by Crippen LogP contribution is 2.16. The minimum Gasteiger partial charge on any atom is -0.479 e. The fourth-order valence-corrected chi connectivity index (χ4v) is 1.02. The van der Waals surface area contributed by atoms with E-state index < -0.39 is 17.4 Å². The minimum atomic E-state index is -0.689. The molecule has 0 fully saturated rings. The first kappa shape index (κ1) is 12.4. The number of nitrogens with zero attached hydrogens (tertiary/aromatic N) is 1. The maximum atomic E-state index is 13.2. The van der Waals surface area contributed by atoms with Crippen LogP contribution in [0.4, 0.5) is 4.39 Å². The summed E-state index contributed by atoms with van der Waals surface area (Å²) < 4.78 is 23.0. The van der Waals surface area contributed by atoms with Gasteiger partial charge in [0, 0.05) is 6.20 Å². The third-order valence-corrected chi connectivity index (χ3v) is 1.64. The molecule has 0 radical (unpaired) electrons. The van der Waals surface area contributed by atoms with Crippen LogP contribution in [-0.4, -0.2) is 23.7 Å². The van der Waals surface area contributed by atoms with Crippen LogP contribution in [0.15, 0.2) is 12.3 Å². The Balaban J connectivity index is 2.89. The van der Waals surface area contributed by atoms with Crippen molar-refractivity contribution >= 4 is 5.97 Å². The van der Waals surface area contributed by atoms with E-state index in [9.17, 15) is 9.18 Å². The average molecular weight is 227 g/mol. The zero-order chi connectivity index (χ0) is 12.3. The predicted molar refractivity (Wildman–Crippen MR) is 55.9 cm³/mol. The van der Waals surface area contributed by atoms with E-state index in [1.807, 2.05) is 0 Å². The molecule has 88 valence electrons. The Morgan fingerprint density at radius 3 is 2.50 bits per heavy atom. The van der Waals surface area contributed by atoms with Gasteiger partial charge in [-0.25, -0.2) is 14.2 Å². The van der Waals surface area contributed by atoms with E-state index in [4.69, 9.17) is 4.74 Å². The van der Waals surface area contributed by atoms with Gasteiger partial charge in [0.1, 0.15) is 5.60 Å². The Bertz CT molecular complexity index is 399. The fourth-order valence-electron chi connectivity index (χ4n) is 1.02. The highest BCUT2D eigenvalue weighted by molar-refractivity contribution is 5.89. The molecule has 1 aromatic rings. The van der Waals surface area contributed by atoms with Crippen molar-refractivity contribution in [1.82, 2.24) is 4.98 Å². The monoisotopic (exact) mass is 227 g/mol. The Hall–Kier alpha value is -1.65. The SMILES string of the molecule is COc1ncc(C(=O)OC(C)(C)C)cc1F. The van der Waals surface area contributed by atoms with Gasteiger partial charge < -0.3 is 9.47 Å². The fraction of sp³-hybridized carbons (Fsp3) is 0.455. The second-order valence-corrected chi connectivity index (χ2v) is 4.22. The molecule has 0 aliphatic heterocycles. The van der Waals surface area contributed by atoms with Gasteiger partial charge in [0.05, 0.1) is 12.7 Å².